The van der Waals surface area contributed by atoms with Crippen LogP contribution in [0.4, 0.5) is 5.69 Å². The number of aliphatic hydroxyl groups excluding tert-OH is 1. The maximum Gasteiger partial charge on any atom is 0.160 e. The third kappa shape index (κ3) is 3.95. The van der Waals surface area contributed by atoms with Crippen molar-refractivity contribution in [2.45, 2.75) is 20.1 Å². The number of nitrogens with one attached hydrogen (secondary N) is 3. The number of pyridine rings is 3. The maximum absolute atomic E-state index is 10.2. The van der Waals surface area contributed by atoms with Gasteiger partial charge in [-0.3, -0.25) is 15.1 Å². The summed E-state index contributed by atoms with van der Waals surface area (Å²) in [5.74, 6) is 0.715. The van der Waals surface area contributed by atoms with Crippen LogP contribution >= 0.6 is 0 Å². The minimum Gasteiger partial charge on any atom is -0.374 e. The lowest BCUT2D eigenvalue weighted by Crippen LogP contribution is -2.24. The van der Waals surface area contributed by atoms with Gasteiger partial charge in [0, 0.05) is 41.3 Å². The summed E-state index contributed by atoms with van der Waals surface area (Å²) in [6, 6.07) is 13.9. The van der Waals surface area contributed by atoms with Crippen LogP contribution in [-0.2, 0) is 0 Å². The number of aliphatic hydroxyl groups is 1. The number of aromatic nitrogens is 7. The Labute approximate surface area is 206 Å². The topological polar surface area (TPSA) is 128 Å². The van der Waals surface area contributed by atoms with E-state index in [1.165, 1.54) is 0 Å². The lowest BCUT2D eigenvalue weighted by molar-refractivity contribution is 0.153. The molecule has 0 fully saturated rings. The molecule has 0 radical (unpaired) electrons. The molecule has 6 aromatic rings. The Kier molecular flexibility index (Phi) is 5.38. The molecule has 0 bridgehead atoms. The van der Waals surface area contributed by atoms with Crippen molar-refractivity contribution in [3.8, 4) is 33.8 Å². The van der Waals surface area contributed by atoms with E-state index in [2.05, 4.69) is 41.5 Å². The SMILES string of the molecule is CC(C)C(O)Nc1cncc(-c2ccc3[nH]nc(-c4nc5c(-c6ccncc6)ccnc5[nH]4)c3c2)c1. The number of aromatic amines is 2. The summed E-state index contributed by atoms with van der Waals surface area (Å²) in [7, 11) is 0. The quantitative estimate of drug-likeness (QED) is 0.249. The van der Waals surface area contributed by atoms with Gasteiger partial charge in [0.1, 0.15) is 17.4 Å². The minimum absolute atomic E-state index is 0.0795. The molecule has 0 aliphatic heterocycles. The monoisotopic (exact) mass is 476 g/mol. The molecule has 0 aliphatic carbocycles. The molecule has 1 atom stereocenters. The van der Waals surface area contributed by atoms with Crippen molar-refractivity contribution in [1.82, 2.24) is 35.1 Å². The van der Waals surface area contributed by atoms with Crippen LogP contribution in [0.2, 0.25) is 0 Å². The van der Waals surface area contributed by atoms with Crippen LogP contribution in [0.15, 0.2) is 73.4 Å². The Morgan fingerprint density at radius 1 is 0.889 bits per heavy atom. The van der Waals surface area contributed by atoms with Gasteiger partial charge in [0.2, 0.25) is 0 Å². The second kappa shape index (κ2) is 8.86. The molecule has 0 saturated heterocycles. The van der Waals surface area contributed by atoms with E-state index in [0.29, 0.717) is 17.2 Å². The van der Waals surface area contributed by atoms with E-state index in [1.807, 2.05) is 50.2 Å². The first-order valence-electron chi connectivity index (χ1n) is 11.7. The van der Waals surface area contributed by atoms with Crippen LogP contribution in [0.1, 0.15) is 13.8 Å². The van der Waals surface area contributed by atoms with Gasteiger partial charge in [-0.1, -0.05) is 19.9 Å². The van der Waals surface area contributed by atoms with E-state index >= 15 is 0 Å². The number of nitrogens with zero attached hydrogens (tertiary/aromatic N) is 5. The van der Waals surface area contributed by atoms with Crippen molar-refractivity contribution in [2.24, 2.45) is 5.92 Å². The minimum atomic E-state index is -0.649. The second-order valence-electron chi connectivity index (χ2n) is 9.01. The van der Waals surface area contributed by atoms with Crippen molar-refractivity contribution in [1.29, 1.82) is 0 Å². The van der Waals surface area contributed by atoms with Gasteiger partial charge in [-0.25, -0.2) is 9.97 Å². The average Bonchev–Trinajstić information content (AvgIpc) is 3.53. The summed E-state index contributed by atoms with van der Waals surface area (Å²) < 4.78 is 0. The van der Waals surface area contributed by atoms with Crippen LogP contribution in [-0.4, -0.2) is 46.5 Å². The van der Waals surface area contributed by atoms with Gasteiger partial charge in [-0.15, -0.1) is 0 Å². The molecule has 178 valence electrons. The number of benzene rings is 1. The molecule has 0 aliphatic rings. The fraction of sp³-hybridized carbons (Fsp3) is 0.148. The molecule has 0 saturated carbocycles. The van der Waals surface area contributed by atoms with Crippen molar-refractivity contribution in [3.05, 3.63) is 73.4 Å². The molecule has 4 N–H and O–H groups in total. The van der Waals surface area contributed by atoms with Gasteiger partial charge < -0.3 is 15.4 Å². The highest BCUT2D eigenvalue weighted by atomic mass is 16.3. The van der Waals surface area contributed by atoms with Gasteiger partial charge in [0.25, 0.3) is 0 Å². The summed E-state index contributed by atoms with van der Waals surface area (Å²) in [5.41, 5.74) is 7.74. The van der Waals surface area contributed by atoms with E-state index in [9.17, 15) is 5.11 Å². The Balaban J connectivity index is 1.41. The molecule has 1 aromatic carbocycles. The zero-order chi connectivity index (χ0) is 24.6. The summed E-state index contributed by atoms with van der Waals surface area (Å²) in [5, 5.41) is 21.9. The molecule has 0 amide bonds. The largest absolute Gasteiger partial charge is 0.374 e. The van der Waals surface area contributed by atoms with Crippen LogP contribution in [0, 0.1) is 5.92 Å². The van der Waals surface area contributed by atoms with Gasteiger partial charge >= 0.3 is 0 Å². The van der Waals surface area contributed by atoms with Crippen molar-refractivity contribution < 1.29 is 5.11 Å². The number of hydrogen-bond acceptors (Lipinski definition) is 7. The molecule has 1 unspecified atom stereocenters. The Bertz CT molecular complexity index is 1670. The third-order valence-corrected chi connectivity index (χ3v) is 6.18. The lowest BCUT2D eigenvalue weighted by atomic mass is 10.0. The number of anilines is 1. The first kappa shape index (κ1) is 21.9. The highest BCUT2D eigenvalue weighted by Crippen LogP contribution is 2.32. The summed E-state index contributed by atoms with van der Waals surface area (Å²) in [6.07, 6.45) is 8.16. The molecule has 5 aromatic heterocycles. The Morgan fingerprint density at radius 2 is 1.75 bits per heavy atom. The molecular formula is C27H24N8O. The van der Waals surface area contributed by atoms with Crippen LogP contribution in [0.25, 0.3) is 55.8 Å². The zero-order valence-corrected chi connectivity index (χ0v) is 19.8. The van der Waals surface area contributed by atoms with E-state index in [4.69, 9.17) is 4.98 Å². The first-order valence-corrected chi connectivity index (χ1v) is 11.7. The fourth-order valence-corrected chi connectivity index (χ4v) is 4.18. The molecule has 6 rings (SSSR count). The standard InChI is InChI=1S/C27H24N8O/c1-15(2)27(36)31-19-11-18(13-29-14-19)17-3-4-22-21(12-17)24(35-34-22)26-32-23-20(7-10-30-25(23)33-26)16-5-8-28-9-6-16/h3-15,27,31,36H,1-2H3,(H,34,35)(H,30,32,33). The molecule has 9 nitrogen and oxygen atoms in total. The molecule has 5 heterocycles. The molecule has 36 heavy (non-hydrogen) atoms. The molecule has 9 heteroatoms. The van der Waals surface area contributed by atoms with E-state index < -0.39 is 6.23 Å². The Hall–Kier alpha value is -4.63. The smallest absolute Gasteiger partial charge is 0.160 e. The molecule has 0 spiro atoms. The van der Waals surface area contributed by atoms with E-state index in [-0.39, 0.29) is 5.92 Å². The highest BCUT2D eigenvalue weighted by Gasteiger charge is 2.17. The number of imidazole rings is 1. The first-order chi connectivity index (χ1) is 17.6. The molecular weight excluding hydrogens is 452 g/mol. The Morgan fingerprint density at radius 3 is 2.58 bits per heavy atom. The van der Waals surface area contributed by atoms with Crippen molar-refractivity contribution in [3.63, 3.8) is 0 Å². The van der Waals surface area contributed by atoms with Crippen LogP contribution in [0.3, 0.4) is 0 Å². The third-order valence-electron chi connectivity index (χ3n) is 6.18. The van der Waals surface area contributed by atoms with Crippen LogP contribution < -0.4 is 5.32 Å². The van der Waals surface area contributed by atoms with Crippen LogP contribution in [0.5, 0.6) is 0 Å². The number of fused-ring (bicyclic) bond motifs is 2. The fourth-order valence-electron chi connectivity index (χ4n) is 4.18. The van der Waals surface area contributed by atoms with Gasteiger partial charge in [0.15, 0.2) is 11.5 Å². The normalized spacial score (nSPS) is 12.4. The predicted molar refractivity (Wildman–Crippen MR) is 140 cm³/mol. The lowest BCUT2D eigenvalue weighted by Gasteiger charge is -2.17. The van der Waals surface area contributed by atoms with E-state index in [0.717, 1.165) is 44.4 Å². The van der Waals surface area contributed by atoms with Gasteiger partial charge in [-0.05, 0) is 53.4 Å². The second-order valence-corrected chi connectivity index (χ2v) is 9.01. The predicted octanol–water partition coefficient (Wildman–Crippen LogP) is 5.01. The number of rotatable bonds is 6. The van der Waals surface area contributed by atoms with E-state index in [1.54, 1.807) is 31.0 Å². The number of hydrogen-bond donors (Lipinski definition) is 4. The summed E-state index contributed by atoms with van der Waals surface area (Å²) in [4.78, 5) is 21.2. The highest BCUT2D eigenvalue weighted by molar-refractivity contribution is 5.97. The zero-order valence-electron chi connectivity index (χ0n) is 19.8. The maximum atomic E-state index is 10.2. The van der Waals surface area contributed by atoms with Gasteiger partial charge in [0.05, 0.1) is 17.4 Å². The summed E-state index contributed by atoms with van der Waals surface area (Å²) >= 11 is 0. The average molecular weight is 477 g/mol. The van der Waals surface area contributed by atoms with Gasteiger partial charge in [-0.2, -0.15) is 5.10 Å². The van der Waals surface area contributed by atoms with Crippen molar-refractivity contribution in [2.75, 3.05) is 5.32 Å². The van der Waals surface area contributed by atoms with Crippen molar-refractivity contribution >= 4 is 27.8 Å². The summed E-state index contributed by atoms with van der Waals surface area (Å²) in [6.45, 7) is 3.91. The number of H-pyrrole nitrogens is 2.